The zero-order valence-electron chi connectivity index (χ0n) is 12.2. The van der Waals surface area contributed by atoms with Crippen molar-refractivity contribution >= 4 is 17.7 Å². The highest BCUT2D eigenvalue weighted by Crippen LogP contribution is 2.23. The average molecular weight is 340 g/mol. The molecule has 5 nitrogen and oxygen atoms in total. The first-order valence-electron chi connectivity index (χ1n) is 6.75. The van der Waals surface area contributed by atoms with Crippen LogP contribution in [0.5, 0.6) is 5.75 Å². The van der Waals surface area contributed by atoms with E-state index < -0.39 is 6.61 Å². The lowest BCUT2D eigenvalue weighted by molar-refractivity contribution is -0.139. The first-order valence-corrected chi connectivity index (χ1v) is 7.73. The number of ether oxygens (including phenoxy) is 2. The molecule has 8 heteroatoms. The molecule has 1 aromatic heterocycles. The number of rotatable bonds is 7. The van der Waals surface area contributed by atoms with E-state index in [4.69, 9.17) is 4.74 Å². The van der Waals surface area contributed by atoms with Crippen LogP contribution in [0.3, 0.4) is 0 Å². The topological polar surface area (TPSA) is 61.3 Å². The van der Waals surface area contributed by atoms with Crippen molar-refractivity contribution in [1.29, 1.82) is 0 Å². The lowest BCUT2D eigenvalue weighted by Gasteiger charge is -2.06. The third-order valence-electron chi connectivity index (χ3n) is 2.63. The summed E-state index contributed by atoms with van der Waals surface area (Å²) in [5, 5.41) is 0.434. The van der Waals surface area contributed by atoms with Gasteiger partial charge in [-0.05, 0) is 37.3 Å². The van der Waals surface area contributed by atoms with Crippen LogP contribution in [0.1, 0.15) is 6.92 Å². The van der Waals surface area contributed by atoms with E-state index in [0.29, 0.717) is 17.5 Å². The Bertz CT molecular complexity index is 653. The second-order valence-electron chi connectivity index (χ2n) is 4.22. The zero-order chi connectivity index (χ0) is 16.7. The van der Waals surface area contributed by atoms with Gasteiger partial charge in [0, 0.05) is 11.8 Å². The second-order valence-corrected chi connectivity index (χ2v) is 5.16. The van der Waals surface area contributed by atoms with Crippen LogP contribution in [-0.4, -0.2) is 34.9 Å². The Labute approximate surface area is 136 Å². The summed E-state index contributed by atoms with van der Waals surface area (Å²) in [4.78, 5) is 19.7. The Balaban J connectivity index is 2.05. The number of hydrogen-bond acceptors (Lipinski definition) is 6. The Kier molecular flexibility index (Phi) is 6.28. The molecular formula is C15H14F2N2O3S. The summed E-state index contributed by atoms with van der Waals surface area (Å²) in [5.74, 6) is -0.131. The number of halogens is 2. The van der Waals surface area contributed by atoms with Gasteiger partial charge >= 0.3 is 12.6 Å². The van der Waals surface area contributed by atoms with Gasteiger partial charge in [0.15, 0.2) is 5.16 Å². The first-order chi connectivity index (χ1) is 11.1. The quantitative estimate of drug-likeness (QED) is 0.437. The maximum atomic E-state index is 12.1. The minimum atomic E-state index is -2.86. The lowest BCUT2D eigenvalue weighted by Crippen LogP contribution is -2.07. The van der Waals surface area contributed by atoms with Gasteiger partial charge in [0.05, 0.1) is 18.1 Å². The number of nitrogens with zero attached hydrogens (tertiary/aromatic N) is 2. The third-order valence-corrected chi connectivity index (χ3v) is 3.47. The van der Waals surface area contributed by atoms with Crippen molar-refractivity contribution in [1.82, 2.24) is 9.97 Å². The largest absolute Gasteiger partial charge is 0.465 e. The highest BCUT2D eigenvalue weighted by atomic mass is 32.2. The number of aromatic nitrogens is 2. The molecule has 0 saturated carbocycles. The fraction of sp³-hybridized carbons (Fsp3) is 0.267. The molecular weight excluding hydrogens is 326 g/mol. The van der Waals surface area contributed by atoms with Crippen molar-refractivity contribution in [2.45, 2.75) is 18.7 Å². The minimum absolute atomic E-state index is 0.0784. The number of benzene rings is 1. The molecule has 2 rings (SSSR count). The molecule has 0 atom stereocenters. The molecule has 122 valence electrons. The summed E-state index contributed by atoms with van der Waals surface area (Å²) < 4.78 is 33.4. The molecule has 23 heavy (non-hydrogen) atoms. The standard InChI is InChI=1S/C15H14F2N2O3S/c1-2-21-13(20)9-23-15-18-8-7-12(19-15)10-3-5-11(6-4-10)22-14(16)17/h3-8,14H,2,9H2,1H3. The molecule has 0 aliphatic rings. The fourth-order valence-electron chi connectivity index (χ4n) is 1.70. The van der Waals surface area contributed by atoms with Crippen LogP contribution in [-0.2, 0) is 9.53 Å². The average Bonchev–Trinajstić information content (AvgIpc) is 2.54. The van der Waals surface area contributed by atoms with Gasteiger partial charge in [-0.25, -0.2) is 9.97 Å². The maximum Gasteiger partial charge on any atom is 0.387 e. The number of esters is 1. The van der Waals surface area contributed by atoms with Crippen LogP contribution < -0.4 is 4.74 Å². The van der Waals surface area contributed by atoms with E-state index in [1.165, 1.54) is 23.9 Å². The van der Waals surface area contributed by atoms with E-state index in [1.54, 1.807) is 31.3 Å². The van der Waals surface area contributed by atoms with E-state index in [1.807, 2.05) is 0 Å². The summed E-state index contributed by atoms with van der Waals surface area (Å²) in [6, 6.07) is 7.82. The Morgan fingerprint density at radius 3 is 2.65 bits per heavy atom. The summed E-state index contributed by atoms with van der Waals surface area (Å²) >= 11 is 1.17. The van der Waals surface area contributed by atoms with E-state index in [9.17, 15) is 13.6 Å². The number of carbonyl (C=O) groups is 1. The third kappa shape index (κ3) is 5.48. The number of alkyl halides is 2. The van der Waals surface area contributed by atoms with Gasteiger partial charge < -0.3 is 9.47 Å². The van der Waals surface area contributed by atoms with Crippen molar-refractivity contribution in [3.63, 3.8) is 0 Å². The number of carbonyl (C=O) groups excluding carboxylic acids is 1. The molecule has 0 unspecified atom stereocenters. The van der Waals surface area contributed by atoms with Gasteiger partial charge in [0.25, 0.3) is 0 Å². The highest BCUT2D eigenvalue weighted by Gasteiger charge is 2.08. The van der Waals surface area contributed by atoms with Crippen molar-refractivity contribution in [2.75, 3.05) is 12.4 Å². The van der Waals surface area contributed by atoms with Crippen molar-refractivity contribution in [3.05, 3.63) is 36.5 Å². The molecule has 0 amide bonds. The second kappa shape index (κ2) is 8.42. The molecule has 0 saturated heterocycles. The van der Waals surface area contributed by atoms with Crippen LogP contribution in [0, 0.1) is 0 Å². The summed E-state index contributed by atoms with van der Waals surface area (Å²) in [7, 11) is 0. The van der Waals surface area contributed by atoms with Crippen molar-refractivity contribution in [2.24, 2.45) is 0 Å². The van der Waals surface area contributed by atoms with Crippen LogP contribution in [0.2, 0.25) is 0 Å². The fourth-order valence-corrected chi connectivity index (χ4v) is 2.33. The van der Waals surface area contributed by atoms with Gasteiger partial charge in [0.2, 0.25) is 0 Å². The molecule has 0 bridgehead atoms. The number of hydrogen-bond donors (Lipinski definition) is 0. The Morgan fingerprint density at radius 1 is 1.26 bits per heavy atom. The molecule has 2 aromatic rings. The highest BCUT2D eigenvalue weighted by molar-refractivity contribution is 7.99. The molecule has 0 aliphatic carbocycles. The van der Waals surface area contributed by atoms with Gasteiger partial charge in [0.1, 0.15) is 5.75 Å². The first kappa shape index (κ1) is 17.1. The maximum absolute atomic E-state index is 12.1. The van der Waals surface area contributed by atoms with E-state index in [0.717, 1.165) is 5.56 Å². The Morgan fingerprint density at radius 2 is 2.00 bits per heavy atom. The molecule has 0 spiro atoms. The SMILES string of the molecule is CCOC(=O)CSc1nccc(-c2ccc(OC(F)F)cc2)n1. The predicted octanol–water partition coefficient (Wildman–Crippen LogP) is 3.40. The summed E-state index contributed by atoms with van der Waals surface area (Å²) in [6.45, 7) is -0.792. The normalized spacial score (nSPS) is 10.6. The minimum Gasteiger partial charge on any atom is -0.465 e. The lowest BCUT2D eigenvalue weighted by atomic mass is 10.1. The van der Waals surface area contributed by atoms with Crippen LogP contribution in [0.15, 0.2) is 41.7 Å². The monoisotopic (exact) mass is 340 g/mol. The predicted molar refractivity (Wildman–Crippen MR) is 81.5 cm³/mol. The van der Waals surface area contributed by atoms with Crippen LogP contribution in [0.4, 0.5) is 8.78 Å². The number of thioether (sulfide) groups is 1. The molecule has 0 aliphatic heterocycles. The molecule has 0 radical (unpaired) electrons. The Hall–Kier alpha value is -2.22. The van der Waals surface area contributed by atoms with E-state index >= 15 is 0 Å². The van der Waals surface area contributed by atoms with Crippen LogP contribution in [0.25, 0.3) is 11.3 Å². The van der Waals surface area contributed by atoms with Gasteiger partial charge in [-0.3, -0.25) is 4.79 Å². The molecule has 0 fully saturated rings. The summed E-state index contributed by atoms with van der Waals surface area (Å²) in [6.07, 6.45) is 1.57. The van der Waals surface area contributed by atoms with Gasteiger partial charge in [-0.2, -0.15) is 8.78 Å². The zero-order valence-corrected chi connectivity index (χ0v) is 13.1. The molecule has 1 aromatic carbocycles. The van der Waals surface area contributed by atoms with Crippen molar-refractivity contribution < 1.29 is 23.0 Å². The van der Waals surface area contributed by atoms with Crippen molar-refractivity contribution in [3.8, 4) is 17.0 Å². The summed E-state index contributed by atoms with van der Waals surface area (Å²) in [5.41, 5.74) is 1.35. The smallest absolute Gasteiger partial charge is 0.387 e. The van der Waals surface area contributed by atoms with E-state index in [-0.39, 0.29) is 17.5 Å². The van der Waals surface area contributed by atoms with Gasteiger partial charge in [-0.15, -0.1) is 0 Å². The molecule has 1 heterocycles. The molecule has 0 N–H and O–H groups in total. The van der Waals surface area contributed by atoms with E-state index in [2.05, 4.69) is 14.7 Å². The van der Waals surface area contributed by atoms with Gasteiger partial charge in [-0.1, -0.05) is 11.8 Å². The van der Waals surface area contributed by atoms with Crippen LogP contribution >= 0.6 is 11.8 Å².